The second kappa shape index (κ2) is 4.07. The third-order valence-electron chi connectivity index (χ3n) is 1.47. The molecule has 0 aliphatic heterocycles. The second-order valence-electron chi connectivity index (χ2n) is 2.81. The summed E-state index contributed by atoms with van der Waals surface area (Å²) in [7, 11) is 0. The molecule has 11 heavy (non-hydrogen) atoms. The lowest BCUT2D eigenvalue weighted by Gasteiger charge is -2.03. The van der Waals surface area contributed by atoms with Crippen molar-refractivity contribution in [2.24, 2.45) is 5.73 Å². The summed E-state index contributed by atoms with van der Waals surface area (Å²) in [5.41, 5.74) is 6.98. The maximum absolute atomic E-state index is 5.66. The van der Waals surface area contributed by atoms with Crippen LogP contribution in [0, 0.1) is 3.57 Å². The van der Waals surface area contributed by atoms with E-state index in [0.717, 1.165) is 6.42 Å². The minimum atomic E-state index is 0.259. The molecule has 1 unspecified atom stereocenters. The summed E-state index contributed by atoms with van der Waals surface area (Å²) in [6.45, 7) is 2.03. The lowest BCUT2D eigenvalue weighted by Crippen LogP contribution is -2.17. The van der Waals surface area contributed by atoms with Gasteiger partial charge in [-0.2, -0.15) is 0 Å². The topological polar surface area (TPSA) is 26.0 Å². The van der Waals surface area contributed by atoms with Gasteiger partial charge >= 0.3 is 0 Å². The van der Waals surface area contributed by atoms with Gasteiger partial charge < -0.3 is 5.73 Å². The number of benzene rings is 1. The first-order valence-electron chi connectivity index (χ1n) is 3.68. The van der Waals surface area contributed by atoms with Gasteiger partial charge in [-0.3, -0.25) is 0 Å². The van der Waals surface area contributed by atoms with E-state index in [9.17, 15) is 0 Å². The molecule has 0 saturated carbocycles. The van der Waals surface area contributed by atoms with Crippen molar-refractivity contribution in [3.05, 3.63) is 33.4 Å². The summed E-state index contributed by atoms with van der Waals surface area (Å²) in [4.78, 5) is 0. The Balaban J connectivity index is 2.66. The van der Waals surface area contributed by atoms with E-state index in [1.54, 1.807) is 0 Å². The molecule has 2 heteroatoms. The average Bonchev–Trinajstić information content (AvgIpc) is 1.93. The van der Waals surface area contributed by atoms with E-state index >= 15 is 0 Å². The van der Waals surface area contributed by atoms with Gasteiger partial charge in [-0.15, -0.1) is 0 Å². The van der Waals surface area contributed by atoms with Gasteiger partial charge in [-0.25, -0.2) is 0 Å². The fraction of sp³-hybridized carbons (Fsp3) is 0.333. The van der Waals surface area contributed by atoms with Crippen LogP contribution in [0.15, 0.2) is 24.3 Å². The zero-order chi connectivity index (χ0) is 8.27. The molecule has 0 fully saturated rings. The minimum Gasteiger partial charge on any atom is -0.328 e. The zero-order valence-corrected chi connectivity index (χ0v) is 8.71. The Labute approximate surface area is 81.1 Å². The van der Waals surface area contributed by atoms with Crippen molar-refractivity contribution in [3.63, 3.8) is 0 Å². The van der Waals surface area contributed by atoms with Crippen molar-refractivity contribution < 1.29 is 0 Å². The summed E-state index contributed by atoms with van der Waals surface area (Å²) < 4.78 is 1.27. The molecular weight excluding hydrogens is 247 g/mol. The first-order chi connectivity index (χ1) is 5.18. The van der Waals surface area contributed by atoms with Crippen molar-refractivity contribution in [2.75, 3.05) is 0 Å². The van der Waals surface area contributed by atoms with Crippen LogP contribution in [0.4, 0.5) is 0 Å². The Morgan fingerprint density at radius 1 is 1.36 bits per heavy atom. The predicted molar refractivity (Wildman–Crippen MR) is 56.5 cm³/mol. The van der Waals surface area contributed by atoms with Gasteiger partial charge in [0.15, 0.2) is 0 Å². The van der Waals surface area contributed by atoms with Crippen LogP contribution >= 0.6 is 22.6 Å². The summed E-state index contributed by atoms with van der Waals surface area (Å²) >= 11 is 2.30. The average molecular weight is 259 g/mol. The highest BCUT2D eigenvalue weighted by Crippen LogP contribution is 2.07. The van der Waals surface area contributed by atoms with E-state index in [-0.39, 0.29) is 6.04 Å². The van der Waals surface area contributed by atoms with Crippen molar-refractivity contribution in [1.29, 1.82) is 0 Å². The van der Waals surface area contributed by atoms with Gasteiger partial charge in [-0.05, 0) is 53.6 Å². The zero-order valence-electron chi connectivity index (χ0n) is 6.55. The maximum Gasteiger partial charge on any atom is 0.0130 e. The van der Waals surface area contributed by atoms with E-state index < -0.39 is 0 Å². The normalized spacial score (nSPS) is 13.0. The predicted octanol–water partition coefficient (Wildman–Crippen LogP) is 2.18. The Kier molecular flexibility index (Phi) is 3.33. The second-order valence-corrected chi connectivity index (χ2v) is 4.05. The maximum atomic E-state index is 5.66. The lowest BCUT2D eigenvalue weighted by molar-refractivity contribution is 0.738. The third kappa shape index (κ3) is 3.20. The highest BCUT2D eigenvalue weighted by Gasteiger charge is 1.96. The molecule has 60 valence electrons. The van der Waals surface area contributed by atoms with Crippen LogP contribution in [0.5, 0.6) is 0 Å². The van der Waals surface area contributed by atoms with Crippen LogP contribution < -0.4 is 5.73 Å². The van der Waals surface area contributed by atoms with E-state index in [2.05, 4.69) is 46.9 Å². The monoisotopic (exact) mass is 259 g/mol. The molecule has 0 heterocycles. The molecular formula is C9H12IN. The molecule has 0 saturated heterocycles. The standard InChI is InChI=1S/C9H12IN/c1-7(11)6-8-2-4-9(10)5-3-8/h2-5,7H,6,11H2,1H3/i10-2. The van der Waals surface area contributed by atoms with Gasteiger partial charge in [0, 0.05) is 9.61 Å². The van der Waals surface area contributed by atoms with Crippen molar-refractivity contribution in [2.45, 2.75) is 19.4 Å². The van der Waals surface area contributed by atoms with Crippen LogP contribution in [0.25, 0.3) is 0 Å². The lowest BCUT2D eigenvalue weighted by atomic mass is 10.1. The molecule has 1 aromatic carbocycles. The summed E-state index contributed by atoms with van der Waals surface area (Å²) in [6.07, 6.45) is 0.969. The molecule has 2 N–H and O–H groups in total. The van der Waals surface area contributed by atoms with Crippen LogP contribution in [0.2, 0.25) is 0 Å². The number of halogens is 1. The molecule has 0 aromatic heterocycles. The summed E-state index contributed by atoms with van der Waals surface area (Å²) in [5.74, 6) is 0. The first kappa shape index (κ1) is 9.00. The van der Waals surface area contributed by atoms with Gasteiger partial charge in [0.2, 0.25) is 0 Å². The van der Waals surface area contributed by atoms with Gasteiger partial charge in [0.1, 0.15) is 0 Å². The molecule has 0 radical (unpaired) electrons. The Morgan fingerprint density at radius 2 is 1.91 bits per heavy atom. The van der Waals surface area contributed by atoms with Crippen LogP contribution in [0.3, 0.4) is 0 Å². The highest BCUT2D eigenvalue weighted by atomic mass is 125. The molecule has 1 aromatic rings. The van der Waals surface area contributed by atoms with Crippen molar-refractivity contribution in [1.82, 2.24) is 0 Å². The first-order valence-corrected chi connectivity index (χ1v) is 4.76. The Bertz CT molecular complexity index is 216. The molecule has 1 atom stereocenters. The summed E-state index contributed by atoms with van der Waals surface area (Å²) in [6, 6.07) is 8.74. The molecule has 0 spiro atoms. The fourth-order valence-electron chi connectivity index (χ4n) is 0.992. The van der Waals surface area contributed by atoms with E-state index in [1.165, 1.54) is 9.13 Å². The third-order valence-corrected chi connectivity index (χ3v) is 2.19. The largest absolute Gasteiger partial charge is 0.328 e. The number of hydrogen-bond acceptors (Lipinski definition) is 1. The number of rotatable bonds is 2. The summed E-state index contributed by atoms with van der Waals surface area (Å²) in [5, 5.41) is 0. The van der Waals surface area contributed by atoms with E-state index in [4.69, 9.17) is 5.73 Å². The minimum absolute atomic E-state index is 0.259. The quantitative estimate of drug-likeness (QED) is 0.809. The molecule has 0 amide bonds. The molecule has 1 nitrogen and oxygen atoms in total. The Hall–Kier alpha value is -0.0900. The van der Waals surface area contributed by atoms with Gasteiger partial charge in [0.25, 0.3) is 0 Å². The van der Waals surface area contributed by atoms with Gasteiger partial charge in [0.05, 0.1) is 0 Å². The van der Waals surface area contributed by atoms with Crippen molar-refractivity contribution >= 4 is 22.6 Å². The van der Waals surface area contributed by atoms with Crippen LogP contribution in [0.1, 0.15) is 12.5 Å². The number of nitrogens with two attached hydrogens (primary N) is 1. The van der Waals surface area contributed by atoms with Crippen LogP contribution in [-0.2, 0) is 6.42 Å². The van der Waals surface area contributed by atoms with Crippen molar-refractivity contribution in [3.8, 4) is 0 Å². The molecule has 0 aliphatic carbocycles. The fourth-order valence-corrected chi connectivity index (χ4v) is 1.35. The van der Waals surface area contributed by atoms with Gasteiger partial charge in [-0.1, -0.05) is 12.1 Å². The molecule has 0 bridgehead atoms. The number of hydrogen-bond donors (Lipinski definition) is 1. The molecule has 0 aliphatic rings. The highest BCUT2D eigenvalue weighted by molar-refractivity contribution is 14.1. The smallest absolute Gasteiger partial charge is 0.0130 e. The van der Waals surface area contributed by atoms with E-state index in [1.807, 2.05) is 6.92 Å². The van der Waals surface area contributed by atoms with Crippen LogP contribution in [-0.4, -0.2) is 6.04 Å². The molecule has 1 rings (SSSR count). The Morgan fingerprint density at radius 3 is 2.36 bits per heavy atom. The SMILES string of the molecule is CC(N)Cc1ccc([125I])cc1. The van der Waals surface area contributed by atoms with E-state index in [0.29, 0.717) is 0 Å².